The van der Waals surface area contributed by atoms with E-state index in [1.807, 2.05) is 12.1 Å². The van der Waals surface area contributed by atoms with Crippen molar-refractivity contribution >= 4 is 15.9 Å². The Hall–Kier alpha value is -1.23. The van der Waals surface area contributed by atoms with Crippen LogP contribution in [0.1, 0.15) is 17.2 Å². The smallest absolute Gasteiger partial charge is 0.123 e. The summed E-state index contributed by atoms with van der Waals surface area (Å²) < 4.78 is 19.9. The topological polar surface area (TPSA) is 12.5 Å². The minimum atomic E-state index is -0.207. The fraction of sp³-hybridized carbons (Fsp3) is 0.294. The van der Waals surface area contributed by atoms with Gasteiger partial charge in [-0.05, 0) is 35.4 Å². The molecule has 1 aliphatic rings. The molecule has 2 aromatic carbocycles. The molecule has 1 atom stereocenters. The van der Waals surface area contributed by atoms with Gasteiger partial charge in [-0.2, -0.15) is 0 Å². The molecule has 0 aliphatic carbocycles. The largest absolute Gasteiger partial charge is 0.371 e. The summed E-state index contributed by atoms with van der Waals surface area (Å²) in [7, 11) is 0. The Bertz CT molecular complexity index is 585. The molecule has 0 aromatic heterocycles. The molecule has 0 saturated carbocycles. The fourth-order valence-electron chi connectivity index (χ4n) is 2.57. The van der Waals surface area contributed by atoms with Gasteiger partial charge in [0.25, 0.3) is 0 Å². The number of benzene rings is 2. The van der Waals surface area contributed by atoms with Gasteiger partial charge in [-0.1, -0.05) is 40.2 Å². The maximum atomic E-state index is 13.0. The normalized spacial score (nSPS) is 19.6. The Kier molecular flexibility index (Phi) is 4.68. The highest BCUT2D eigenvalue weighted by Gasteiger charge is 2.21. The summed E-state index contributed by atoms with van der Waals surface area (Å²) in [5.41, 5.74) is 2.33. The van der Waals surface area contributed by atoms with Gasteiger partial charge in [0.05, 0.1) is 12.7 Å². The maximum absolute atomic E-state index is 13.0. The predicted octanol–water partition coefficient (Wildman–Crippen LogP) is 4.16. The minimum absolute atomic E-state index is 0.0230. The standard InChI is InChI=1S/C17H17BrFNO/c18-15-5-1-13(2-6-15)11-20-9-10-21-17(12-20)14-3-7-16(19)8-4-14/h1-8,17H,9-12H2. The van der Waals surface area contributed by atoms with E-state index in [0.29, 0.717) is 6.61 Å². The van der Waals surface area contributed by atoms with Gasteiger partial charge in [0.1, 0.15) is 5.82 Å². The Balaban J connectivity index is 1.65. The van der Waals surface area contributed by atoms with Crippen LogP contribution in [0.3, 0.4) is 0 Å². The van der Waals surface area contributed by atoms with Crippen molar-refractivity contribution in [2.24, 2.45) is 0 Å². The molecule has 2 nitrogen and oxygen atoms in total. The summed E-state index contributed by atoms with van der Waals surface area (Å²) in [4.78, 5) is 2.38. The van der Waals surface area contributed by atoms with Crippen molar-refractivity contribution in [2.45, 2.75) is 12.6 Å². The molecule has 3 rings (SSSR count). The zero-order valence-electron chi connectivity index (χ0n) is 11.6. The van der Waals surface area contributed by atoms with Crippen LogP contribution in [0.5, 0.6) is 0 Å². The number of halogens is 2. The van der Waals surface area contributed by atoms with E-state index in [9.17, 15) is 4.39 Å². The number of hydrogen-bond donors (Lipinski definition) is 0. The summed E-state index contributed by atoms with van der Waals surface area (Å²) >= 11 is 3.45. The van der Waals surface area contributed by atoms with Crippen LogP contribution >= 0.6 is 15.9 Å². The lowest BCUT2D eigenvalue weighted by atomic mass is 10.1. The van der Waals surface area contributed by atoms with Gasteiger partial charge < -0.3 is 4.74 Å². The Labute approximate surface area is 132 Å². The highest BCUT2D eigenvalue weighted by molar-refractivity contribution is 9.10. The summed E-state index contributed by atoms with van der Waals surface area (Å²) in [6, 6.07) is 15.0. The van der Waals surface area contributed by atoms with Crippen LogP contribution in [-0.4, -0.2) is 24.6 Å². The van der Waals surface area contributed by atoms with Crippen LogP contribution in [0, 0.1) is 5.82 Å². The number of morpholine rings is 1. The van der Waals surface area contributed by atoms with Crippen molar-refractivity contribution in [1.82, 2.24) is 4.90 Å². The van der Waals surface area contributed by atoms with Crippen molar-refractivity contribution in [3.8, 4) is 0 Å². The molecule has 1 heterocycles. The van der Waals surface area contributed by atoms with Crippen molar-refractivity contribution in [2.75, 3.05) is 19.7 Å². The van der Waals surface area contributed by atoms with E-state index < -0.39 is 0 Å². The molecule has 1 fully saturated rings. The first-order valence-electron chi connectivity index (χ1n) is 7.04. The Morgan fingerprint density at radius 2 is 1.81 bits per heavy atom. The van der Waals surface area contributed by atoms with E-state index in [0.717, 1.165) is 29.7 Å². The molecule has 0 radical (unpaired) electrons. The molecule has 4 heteroatoms. The quantitative estimate of drug-likeness (QED) is 0.824. The molecule has 1 saturated heterocycles. The summed E-state index contributed by atoms with van der Waals surface area (Å²) in [6.07, 6.45) is 0.0230. The SMILES string of the molecule is Fc1ccc(C2CN(Cc3ccc(Br)cc3)CCO2)cc1. The van der Waals surface area contributed by atoms with E-state index in [1.54, 1.807) is 0 Å². The van der Waals surface area contributed by atoms with Gasteiger partial charge in [-0.25, -0.2) is 4.39 Å². The number of hydrogen-bond acceptors (Lipinski definition) is 2. The van der Waals surface area contributed by atoms with Gasteiger partial charge in [0, 0.05) is 24.1 Å². The molecule has 1 aliphatic heterocycles. The van der Waals surface area contributed by atoms with Crippen LogP contribution in [0.15, 0.2) is 53.0 Å². The minimum Gasteiger partial charge on any atom is -0.371 e. The predicted molar refractivity (Wildman–Crippen MR) is 84.5 cm³/mol. The third-order valence-corrected chi connectivity index (χ3v) is 4.24. The number of ether oxygens (including phenoxy) is 1. The number of rotatable bonds is 3. The molecule has 0 bridgehead atoms. The second-order valence-electron chi connectivity index (χ2n) is 5.27. The van der Waals surface area contributed by atoms with Gasteiger partial charge in [0.15, 0.2) is 0 Å². The lowest BCUT2D eigenvalue weighted by molar-refractivity contribution is -0.0329. The van der Waals surface area contributed by atoms with Crippen molar-refractivity contribution in [3.05, 3.63) is 69.9 Å². The first-order valence-corrected chi connectivity index (χ1v) is 7.84. The highest BCUT2D eigenvalue weighted by atomic mass is 79.9. The molecule has 110 valence electrons. The second kappa shape index (κ2) is 6.69. The first kappa shape index (κ1) is 14.7. The lowest BCUT2D eigenvalue weighted by Crippen LogP contribution is -2.37. The van der Waals surface area contributed by atoms with E-state index >= 15 is 0 Å². The summed E-state index contributed by atoms with van der Waals surface area (Å²) in [5.74, 6) is -0.207. The maximum Gasteiger partial charge on any atom is 0.123 e. The zero-order chi connectivity index (χ0) is 14.7. The molecule has 1 unspecified atom stereocenters. The van der Waals surface area contributed by atoms with Crippen molar-refractivity contribution < 1.29 is 9.13 Å². The monoisotopic (exact) mass is 349 g/mol. The lowest BCUT2D eigenvalue weighted by Gasteiger charge is -2.33. The molecular formula is C17H17BrFNO. The zero-order valence-corrected chi connectivity index (χ0v) is 13.2. The van der Waals surface area contributed by atoms with Crippen LogP contribution < -0.4 is 0 Å². The van der Waals surface area contributed by atoms with Gasteiger partial charge in [0.2, 0.25) is 0 Å². The van der Waals surface area contributed by atoms with E-state index in [1.165, 1.54) is 17.7 Å². The molecular weight excluding hydrogens is 333 g/mol. The van der Waals surface area contributed by atoms with Gasteiger partial charge in [-0.3, -0.25) is 4.90 Å². The summed E-state index contributed by atoms with van der Waals surface area (Å²) in [5, 5.41) is 0. The molecule has 0 spiro atoms. The fourth-order valence-corrected chi connectivity index (χ4v) is 2.84. The highest BCUT2D eigenvalue weighted by Crippen LogP contribution is 2.23. The van der Waals surface area contributed by atoms with Crippen molar-refractivity contribution in [3.63, 3.8) is 0 Å². The Morgan fingerprint density at radius 3 is 2.52 bits per heavy atom. The number of nitrogens with zero attached hydrogens (tertiary/aromatic N) is 1. The van der Waals surface area contributed by atoms with E-state index in [4.69, 9.17) is 4.74 Å². The van der Waals surface area contributed by atoms with E-state index in [-0.39, 0.29) is 11.9 Å². The van der Waals surface area contributed by atoms with Gasteiger partial charge >= 0.3 is 0 Å². The molecule has 0 N–H and O–H groups in total. The first-order chi connectivity index (χ1) is 10.2. The third-order valence-electron chi connectivity index (χ3n) is 3.71. The average molecular weight is 350 g/mol. The third kappa shape index (κ3) is 3.90. The van der Waals surface area contributed by atoms with Gasteiger partial charge in [-0.15, -0.1) is 0 Å². The second-order valence-corrected chi connectivity index (χ2v) is 6.19. The summed E-state index contributed by atoms with van der Waals surface area (Å²) in [6.45, 7) is 3.38. The van der Waals surface area contributed by atoms with Crippen LogP contribution in [-0.2, 0) is 11.3 Å². The Morgan fingerprint density at radius 1 is 1.10 bits per heavy atom. The van der Waals surface area contributed by atoms with Crippen LogP contribution in [0.2, 0.25) is 0 Å². The van der Waals surface area contributed by atoms with E-state index in [2.05, 4.69) is 45.1 Å². The average Bonchev–Trinajstić information content (AvgIpc) is 2.51. The molecule has 0 amide bonds. The molecule has 21 heavy (non-hydrogen) atoms. The van der Waals surface area contributed by atoms with Crippen LogP contribution in [0.4, 0.5) is 4.39 Å². The van der Waals surface area contributed by atoms with Crippen LogP contribution in [0.25, 0.3) is 0 Å². The van der Waals surface area contributed by atoms with Crippen molar-refractivity contribution in [1.29, 1.82) is 0 Å². The molecule has 2 aromatic rings.